The normalized spacial score (nSPS) is 11.2. The summed E-state index contributed by atoms with van der Waals surface area (Å²) in [4.78, 5) is 10.8. The Bertz CT molecular complexity index is 546. The molecular formula is C12H15NO4S. The molecule has 6 heteroatoms. The lowest BCUT2D eigenvalue weighted by Gasteiger charge is -2.05. The average Bonchev–Trinajstić information content (AvgIpc) is 2.28. The number of carboxylic acids is 1. The molecule has 0 fully saturated rings. The van der Waals surface area contributed by atoms with Gasteiger partial charge in [-0.1, -0.05) is 18.7 Å². The summed E-state index contributed by atoms with van der Waals surface area (Å²) in [7, 11) is -3.18. The minimum atomic E-state index is -3.18. The van der Waals surface area contributed by atoms with E-state index in [-0.39, 0.29) is 17.0 Å². The molecule has 1 aromatic carbocycles. The fraction of sp³-hybridized carbons (Fsp3) is 0.250. The number of hydrogen-bond donors (Lipinski definition) is 2. The van der Waals surface area contributed by atoms with Gasteiger partial charge in [0.2, 0.25) is 0 Å². The summed E-state index contributed by atoms with van der Waals surface area (Å²) < 4.78 is 22.5. The summed E-state index contributed by atoms with van der Waals surface area (Å²) in [5.41, 5.74) is 0.961. The summed E-state index contributed by atoms with van der Waals surface area (Å²) in [5.74, 6) is -1.03. The van der Waals surface area contributed by atoms with E-state index in [1.54, 1.807) is 12.1 Å². The molecule has 98 valence electrons. The highest BCUT2D eigenvalue weighted by Gasteiger charge is 2.06. The number of carboxylic acid groups (broad SMARTS) is 1. The zero-order valence-electron chi connectivity index (χ0n) is 10.0. The lowest BCUT2D eigenvalue weighted by atomic mass is 10.2. The van der Waals surface area contributed by atoms with Crippen molar-refractivity contribution in [1.82, 2.24) is 5.32 Å². The van der Waals surface area contributed by atoms with E-state index in [9.17, 15) is 13.2 Å². The molecular weight excluding hydrogens is 254 g/mol. The number of carbonyl (C=O) groups is 1. The molecule has 0 aliphatic rings. The fourth-order valence-corrected chi connectivity index (χ4v) is 1.92. The van der Waals surface area contributed by atoms with Crippen LogP contribution in [-0.2, 0) is 21.2 Å². The van der Waals surface area contributed by atoms with Crippen molar-refractivity contribution in [2.75, 3.05) is 12.8 Å². The Kier molecular flexibility index (Phi) is 4.63. The standard InChI is InChI=1S/C12H15NO4S/c1-9(12(14)15)7-13-8-10-3-5-11(6-4-10)18(2,16)17/h3-6,13H,1,7-8H2,2H3,(H,14,15). The first-order chi connectivity index (χ1) is 8.30. The van der Waals surface area contributed by atoms with Gasteiger partial charge in [0, 0.05) is 24.9 Å². The van der Waals surface area contributed by atoms with Gasteiger partial charge in [0.05, 0.1) is 4.90 Å². The van der Waals surface area contributed by atoms with Crippen LogP contribution in [-0.4, -0.2) is 32.3 Å². The van der Waals surface area contributed by atoms with E-state index in [0.29, 0.717) is 6.54 Å². The number of rotatable bonds is 6. The van der Waals surface area contributed by atoms with E-state index in [1.807, 2.05) is 0 Å². The van der Waals surface area contributed by atoms with Crippen LogP contribution in [0, 0.1) is 0 Å². The van der Waals surface area contributed by atoms with Crippen LogP contribution >= 0.6 is 0 Å². The van der Waals surface area contributed by atoms with Crippen molar-refractivity contribution in [1.29, 1.82) is 0 Å². The molecule has 2 N–H and O–H groups in total. The highest BCUT2D eigenvalue weighted by Crippen LogP contribution is 2.10. The van der Waals surface area contributed by atoms with Crippen LogP contribution in [0.25, 0.3) is 0 Å². The molecule has 0 radical (unpaired) electrons. The Morgan fingerprint density at radius 2 is 1.89 bits per heavy atom. The molecule has 0 atom stereocenters. The predicted molar refractivity (Wildman–Crippen MR) is 68.0 cm³/mol. The Labute approximate surface area is 106 Å². The fourth-order valence-electron chi connectivity index (χ4n) is 1.29. The smallest absolute Gasteiger partial charge is 0.332 e. The third-order valence-corrected chi connectivity index (χ3v) is 3.45. The van der Waals surface area contributed by atoms with Crippen LogP contribution in [0.4, 0.5) is 0 Å². The Balaban J connectivity index is 2.55. The first kappa shape index (κ1) is 14.4. The Morgan fingerprint density at radius 3 is 2.33 bits per heavy atom. The quantitative estimate of drug-likeness (QED) is 0.747. The molecule has 0 unspecified atom stereocenters. The van der Waals surface area contributed by atoms with Crippen molar-refractivity contribution >= 4 is 15.8 Å². The number of nitrogens with one attached hydrogen (secondary N) is 1. The van der Waals surface area contributed by atoms with E-state index < -0.39 is 15.8 Å². The summed E-state index contributed by atoms with van der Waals surface area (Å²) in [6.07, 6.45) is 1.15. The van der Waals surface area contributed by atoms with Crippen molar-refractivity contribution in [3.8, 4) is 0 Å². The van der Waals surface area contributed by atoms with Crippen molar-refractivity contribution in [3.05, 3.63) is 42.0 Å². The molecule has 0 aliphatic carbocycles. The number of sulfone groups is 1. The zero-order valence-corrected chi connectivity index (χ0v) is 10.8. The molecule has 0 amide bonds. The summed E-state index contributed by atoms with van der Waals surface area (Å²) in [5, 5.41) is 11.5. The van der Waals surface area contributed by atoms with E-state index in [1.165, 1.54) is 12.1 Å². The van der Waals surface area contributed by atoms with Gasteiger partial charge in [-0.05, 0) is 17.7 Å². The first-order valence-corrected chi connectivity index (χ1v) is 7.10. The molecule has 0 bridgehead atoms. The van der Waals surface area contributed by atoms with Crippen LogP contribution in [0.3, 0.4) is 0 Å². The minimum absolute atomic E-state index is 0.0859. The molecule has 5 nitrogen and oxygen atoms in total. The molecule has 0 saturated carbocycles. The average molecular weight is 269 g/mol. The van der Waals surface area contributed by atoms with E-state index in [0.717, 1.165) is 11.8 Å². The zero-order chi connectivity index (χ0) is 13.8. The van der Waals surface area contributed by atoms with Crippen LogP contribution in [0.5, 0.6) is 0 Å². The van der Waals surface area contributed by atoms with Crippen molar-refractivity contribution in [2.24, 2.45) is 0 Å². The van der Waals surface area contributed by atoms with E-state index in [2.05, 4.69) is 11.9 Å². The lowest BCUT2D eigenvalue weighted by Crippen LogP contribution is -2.19. The van der Waals surface area contributed by atoms with Gasteiger partial charge in [0.1, 0.15) is 0 Å². The molecule has 0 aliphatic heterocycles. The van der Waals surface area contributed by atoms with Gasteiger partial charge in [-0.2, -0.15) is 0 Å². The van der Waals surface area contributed by atoms with Crippen molar-refractivity contribution in [2.45, 2.75) is 11.4 Å². The molecule has 0 heterocycles. The van der Waals surface area contributed by atoms with Gasteiger partial charge in [-0.25, -0.2) is 13.2 Å². The second-order valence-electron chi connectivity index (χ2n) is 3.93. The van der Waals surface area contributed by atoms with Gasteiger partial charge in [-0.3, -0.25) is 0 Å². The van der Waals surface area contributed by atoms with Gasteiger partial charge >= 0.3 is 5.97 Å². The van der Waals surface area contributed by atoms with Gasteiger partial charge in [0.15, 0.2) is 9.84 Å². The maximum Gasteiger partial charge on any atom is 0.332 e. The van der Waals surface area contributed by atoms with Crippen LogP contribution in [0.15, 0.2) is 41.3 Å². The number of aliphatic carboxylic acids is 1. The molecule has 0 aromatic heterocycles. The monoisotopic (exact) mass is 269 g/mol. The second kappa shape index (κ2) is 5.79. The third-order valence-electron chi connectivity index (χ3n) is 2.32. The molecule has 1 rings (SSSR count). The molecule has 0 spiro atoms. The maximum atomic E-state index is 11.2. The lowest BCUT2D eigenvalue weighted by molar-refractivity contribution is -0.132. The third kappa shape index (κ3) is 4.31. The largest absolute Gasteiger partial charge is 0.478 e. The maximum absolute atomic E-state index is 11.2. The number of benzene rings is 1. The molecule has 18 heavy (non-hydrogen) atoms. The van der Waals surface area contributed by atoms with E-state index in [4.69, 9.17) is 5.11 Å². The molecule has 1 aromatic rings. The van der Waals surface area contributed by atoms with Crippen LogP contribution in [0.1, 0.15) is 5.56 Å². The Hall–Kier alpha value is -1.66. The van der Waals surface area contributed by atoms with E-state index >= 15 is 0 Å². The summed E-state index contributed by atoms with van der Waals surface area (Å²) in [6.45, 7) is 4.03. The SMILES string of the molecule is C=C(CNCc1ccc(S(C)(=O)=O)cc1)C(=O)O. The minimum Gasteiger partial charge on any atom is -0.478 e. The summed E-state index contributed by atoms with van der Waals surface area (Å²) >= 11 is 0. The van der Waals surface area contributed by atoms with Gasteiger partial charge in [-0.15, -0.1) is 0 Å². The number of hydrogen-bond acceptors (Lipinski definition) is 4. The highest BCUT2D eigenvalue weighted by molar-refractivity contribution is 7.90. The van der Waals surface area contributed by atoms with Crippen molar-refractivity contribution < 1.29 is 18.3 Å². The summed E-state index contributed by atoms with van der Waals surface area (Å²) in [6, 6.07) is 6.43. The van der Waals surface area contributed by atoms with Gasteiger partial charge < -0.3 is 10.4 Å². The van der Waals surface area contributed by atoms with Crippen LogP contribution in [0.2, 0.25) is 0 Å². The predicted octanol–water partition coefficient (Wildman–Crippen LogP) is 0.821. The first-order valence-electron chi connectivity index (χ1n) is 5.21. The molecule has 0 saturated heterocycles. The van der Waals surface area contributed by atoms with Gasteiger partial charge in [0.25, 0.3) is 0 Å². The Morgan fingerprint density at radius 1 is 1.33 bits per heavy atom. The van der Waals surface area contributed by atoms with Crippen LogP contribution < -0.4 is 5.32 Å². The second-order valence-corrected chi connectivity index (χ2v) is 5.94. The van der Waals surface area contributed by atoms with Crippen molar-refractivity contribution in [3.63, 3.8) is 0 Å². The topological polar surface area (TPSA) is 83.5 Å². The highest BCUT2D eigenvalue weighted by atomic mass is 32.2.